The van der Waals surface area contributed by atoms with E-state index in [1.807, 2.05) is 0 Å². The lowest BCUT2D eigenvalue weighted by molar-refractivity contribution is -0.929. The number of quaternary nitrogens is 1. The molecule has 0 spiro atoms. The molecule has 0 aromatic heterocycles. The minimum Gasteiger partial charge on any atom is -1.00 e. The van der Waals surface area contributed by atoms with Gasteiger partial charge in [-0.15, -0.1) is 0 Å². The van der Waals surface area contributed by atoms with Gasteiger partial charge in [-0.2, -0.15) is 0 Å². The maximum absolute atomic E-state index is 2.35. The summed E-state index contributed by atoms with van der Waals surface area (Å²) in [7, 11) is 0. The number of nitrogens with zero attached hydrogens (tertiary/aromatic N) is 1. The number of hydrogen-bond donors (Lipinski definition) is 0. The third-order valence-corrected chi connectivity index (χ3v) is 6.44. The first-order valence-electron chi connectivity index (χ1n) is 13.1. The molecule has 172 valence electrons. The monoisotopic (exact) mass is 417 g/mol. The summed E-state index contributed by atoms with van der Waals surface area (Å²) in [5.74, 6) is 0. The zero-order chi connectivity index (χ0) is 20.1. The Hall–Kier alpha value is 0.250. The van der Waals surface area contributed by atoms with Gasteiger partial charge in [-0.1, -0.05) is 91.9 Å². The van der Waals surface area contributed by atoms with Crippen molar-refractivity contribution in [3.63, 3.8) is 0 Å². The second kappa shape index (κ2) is 23.5. The van der Waals surface area contributed by atoms with Gasteiger partial charge in [-0.3, -0.25) is 0 Å². The molecule has 0 N–H and O–H groups in total. The molecular formula is C26H56ClN. The lowest BCUT2D eigenvalue weighted by Gasteiger charge is -2.39. The van der Waals surface area contributed by atoms with Crippen LogP contribution in [0.2, 0.25) is 0 Å². The lowest BCUT2D eigenvalue weighted by Crippen LogP contribution is -3.00. The molecule has 0 aromatic carbocycles. The highest BCUT2D eigenvalue weighted by Gasteiger charge is 2.25. The van der Waals surface area contributed by atoms with Crippen LogP contribution in [0.5, 0.6) is 0 Å². The summed E-state index contributed by atoms with van der Waals surface area (Å²) in [5, 5.41) is 0. The minimum absolute atomic E-state index is 0. The highest BCUT2D eigenvalue weighted by atomic mass is 35.5. The fraction of sp³-hybridized carbons (Fsp3) is 1.00. The molecule has 2 heteroatoms. The van der Waals surface area contributed by atoms with E-state index in [1.54, 1.807) is 0 Å². The molecule has 0 aliphatic carbocycles. The quantitative estimate of drug-likeness (QED) is 0.152. The van der Waals surface area contributed by atoms with Crippen LogP contribution in [0.4, 0.5) is 0 Å². The van der Waals surface area contributed by atoms with Gasteiger partial charge in [0.15, 0.2) is 0 Å². The zero-order valence-corrected chi connectivity index (χ0v) is 21.1. The zero-order valence-electron chi connectivity index (χ0n) is 20.4. The number of unbranched alkanes of at least 4 members (excludes halogenated alkanes) is 14. The summed E-state index contributed by atoms with van der Waals surface area (Å²) in [6, 6.07) is 0. The van der Waals surface area contributed by atoms with Gasteiger partial charge >= 0.3 is 0 Å². The molecule has 0 bridgehead atoms. The summed E-state index contributed by atoms with van der Waals surface area (Å²) in [6.07, 6.45) is 25.8. The molecule has 0 fully saturated rings. The van der Waals surface area contributed by atoms with E-state index in [2.05, 4.69) is 27.7 Å². The molecule has 0 radical (unpaired) electrons. The van der Waals surface area contributed by atoms with Crippen molar-refractivity contribution in [3.8, 4) is 0 Å². The van der Waals surface area contributed by atoms with Gasteiger partial charge in [-0.05, 0) is 51.4 Å². The van der Waals surface area contributed by atoms with E-state index in [4.69, 9.17) is 0 Å². The summed E-state index contributed by atoms with van der Waals surface area (Å²) >= 11 is 0. The topological polar surface area (TPSA) is 0 Å². The molecule has 0 saturated carbocycles. The van der Waals surface area contributed by atoms with E-state index in [0.29, 0.717) is 0 Å². The van der Waals surface area contributed by atoms with Gasteiger partial charge in [0.05, 0.1) is 26.2 Å². The highest BCUT2D eigenvalue weighted by Crippen LogP contribution is 2.19. The molecule has 0 aromatic rings. The largest absolute Gasteiger partial charge is 1.00 e. The van der Waals surface area contributed by atoms with Crippen molar-refractivity contribution in [2.45, 2.75) is 143 Å². The fourth-order valence-electron chi connectivity index (χ4n) is 4.52. The Balaban J connectivity index is 0. The molecule has 0 aliphatic heterocycles. The third-order valence-electron chi connectivity index (χ3n) is 6.44. The Morgan fingerprint density at radius 3 is 0.857 bits per heavy atom. The molecule has 0 unspecified atom stereocenters. The average molecular weight is 418 g/mol. The van der Waals surface area contributed by atoms with Crippen LogP contribution in [-0.2, 0) is 0 Å². The first kappa shape index (κ1) is 30.4. The number of rotatable bonds is 22. The van der Waals surface area contributed by atoms with Gasteiger partial charge in [0.25, 0.3) is 0 Å². The van der Waals surface area contributed by atoms with E-state index in [-0.39, 0.29) is 12.4 Å². The van der Waals surface area contributed by atoms with Crippen LogP contribution in [0.3, 0.4) is 0 Å². The summed E-state index contributed by atoms with van der Waals surface area (Å²) in [4.78, 5) is 0. The van der Waals surface area contributed by atoms with Crippen LogP contribution in [0.15, 0.2) is 0 Å². The number of hydrogen-bond acceptors (Lipinski definition) is 0. The Kier molecular flexibility index (Phi) is 25.6. The smallest absolute Gasteiger partial charge is 0.0786 e. The van der Waals surface area contributed by atoms with E-state index < -0.39 is 0 Å². The van der Waals surface area contributed by atoms with Gasteiger partial charge in [0, 0.05) is 0 Å². The van der Waals surface area contributed by atoms with Crippen molar-refractivity contribution in [1.29, 1.82) is 0 Å². The summed E-state index contributed by atoms with van der Waals surface area (Å²) in [6.45, 7) is 15.2. The first-order valence-corrected chi connectivity index (χ1v) is 13.1. The standard InChI is InChI=1S/C26H56N.ClH/c1-5-9-13-15-17-21-25-27(23-19-11-7-3,24-20-12-8-4)26-22-18-16-14-10-6-2;/h5-26H2,1-4H3;1H/q+1;/p-1. The van der Waals surface area contributed by atoms with E-state index >= 15 is 0 Å². The van der Waals surface area contributed by atoms with Crippen molar-refractivity contribution < 1.29 is 16.9 Å². The van der Waals surface area contributed by atoms with Gasteiger partial charge < -0.3 is 16.9 Å². The molecule has 0 aliphatic rings. The Morgan fingerprint density at radius 2 is 0.536 bits per heavy atom. The van der Waals surface area contributed by atoms with Gasteiger partial charge in [0.1, 0.15) is 0 Å². The second-order valence-corrected chi connectivity index (χ2v) is 9.19. The van der Waals surface area contributed by atoms with Crippen molar-refractivity contribution in [2.75, 3.05) is 26.2 Å². The van der Waals surface area contributed by atoms with Crippen LogP contribution in [0, 0.1) is 0 Å². The normalized spacial score (nSPS) is 11.6. The summed E-state index contributed by atoms with van der Waals surface area (Å²) in [5.41, 5.74) is 0. The van der Waals surface area contributed by atoms with E-state index in [0.717, 1.165) is 0 Å². The molecule has 0 amide bonds. The minimum atomic E-state index is 0. The van der Waals surface area contributed by atoms with Gasteiger partial charge in [-0.25, -0.2) is 0 Å². The molecule has 0 saturated heterocycles. The molecule has 1 nitrogen and oxygen atoms in total. The molecule has 0 heterocycles. The maximum atomic E-state index is 2.35. The van der Waals surface area contributed by atoms with Crippen LogP contribution in [0.25, 0.3) is 0 Å². The average Bonchev–Trinajstić information content (AvgIpc) is 2.67. The second-order valence-electron chi connectivity index (χ2n) is 9.19. The fourth-order valence-corrected chi connectivity index (χ4v) is 4.52. The lowest BCUT2D eigenvalue weighted by atomic mass is 10.1. The Bertz CT molecular complexity index is 252. The van der Waals surface area contributed by atoms with Crippen LogP contribution in [-0.4, -0.2) is 30.7 Å². The van der Waals surface area contributed by atoms with Crippen molar-refractivity contribution >= 4 is 0 Å². The Labute approximate surface area is 186 Å². The summed E-state index contributed by atoms with van der Waals surface area (Å²) < 4.78 is 1.46. The maximum Gasteiger partial charge on any atom is 0.0786 e. The molecule has 28 heavy (non-hydrogen) atoms. The Morgan fingerprint density at radius 1 is 0.321 bits per heavy atom. The SMILES string of the molecule is CCCCCCCC[N+](CCCCC)(CCCCC)CCCCCCCC.[Cl-]. The van der Waals surface area contributed by atoms with E-state index in [1.165, 1.54) is 146 Å². The third kappa shape index (κ3) is 18.3. The predicted molar refractivity (Wildman–Crippen MR) is 126 cm³/mol. The molecular weight excluding hydrogens is 362 g/mol. The van der Waals surface area contributed by atoms with Crippen molar-refractivity contribution in [1.82, 2.24) is 0 Å². The molecule has 0 rings (SSSR count). The van der Waals surface area contributed by atoms with Gasteiger partial charge in [0.2, 0.25) is 0 Å². The highest BCUT2D eigenvalue weighted by molar-refractivity contribution is 4.53. The predicted octanol–water partition coefficient (Wildman–Crippen LogP) is 5.91. The molecule has 0 atom stereocenters. The van der Waals surface area contributed by atoms with Crippen LogP contribution < -0.4 is 12.4 Å². The van der Waals surface area contributed by atoms with Crippen LogP contribution in [0.1, 0.15) is 143 Å². The van der Waals surface area contributed by atoms with Crippen LogP contribution >= 0.6 is 0 Å². The van der Waals surface area contributed by atoms with Crippen molar-refractivity contribution in [2.24, 2.45) is 0 Å². The number of halogens is 1. The first-order chi connectivity index (χ1) is 13.2. The van der Waals surface area contributed by atoms with E-state index in [9.17, 15) is 0 Å². The van der Waals surface area contributed by atoms with Crippen molar-refractivity contribution in [3.05, 3.63) is 0 Å².